The Balaban J connectivity index is 2.71. The number of hydrogen-bond acceptors (Lipinski definition) is 3. The summed E-state index contributed by atoms with van der Waals surface area (Å²) in [6.45, 7) is 6.29. The lowest BCUT2D eigenvalue weighted by Crippen LogP contribution is -2.43. The summed E-state index contributed by atoms with van der Waals surface area (Å²) >= 11 is 0. The van der Waals surface area contributed by atoms with Gasteiger partial charge in [-0.15, -0.1) is 0 Å². The number of carboxylic acids is 1. The standard InChI is InChI=1S/C11H19N3O2/c1-4-10-12-5-6-14(10)7-9(11(15)16)13-8(2)3/h5-6,8-9,13H,4,7H2,1-3H3,(H,15,16). The van der Waals surface area contributed by atoms with Crippen LogP contribution in [-0.4, -0.2) is 32.7 Å². The highest BCUT2D eigenvalue weighted by molar-refractivity contribution is 5.73. The summed E-state index contributed by atoms with van der Waals surface area (Å²) in [5, 5.41) is 12.1. The summed E-state index contributed by atoms with van der Waals surface area (Å²) in [5.74, 6) is 0.0845. The first-order chi connectivity index (χ1) is 7.54. The predicted molar refractivity (Wildman–Crippen MR) is 61.3 cm³/mol. The van der Waals surface area contributed by atoms with Gasteiger partial charge in [0.05, 0.1) is 0 Å². The zero-order valence-electron chi connectivity index (χ0n) is 9.97. The number of aryl methyl sites for hydroxylation is 1. The number of rotatable bonds is 6. The van der Waals surface area contributed by atoms with Crippen LogP contribution in [0.5, 0.6) is 0 Å². The maximum absolute atomic E-state index is 11.1. The number of nitrogens with one attached hydrogen (secondary N) is 1. The average Bonchev–Trinajstić information content (AvgIpc) is 2.63. The van der Waals surface area contributed by atoms with E-state index in [0.29, 0.717) is 6.54 Å². The van der Waals surface area contributed by atoms with E-state index in [1.54, 1.807) is 6.20 Å². The van der Waals surface area contributed by atoms with Gasteiger partial charge in [0, 0.05) is 31.4 Å². The van der Waals surface area contributed by atoms with E-state index >= 15 is 0 Å². The summed E-state index contributed by atoms with van der Waals surface area (Å²) in [7, 11) is 0. The summed E-state index contributed by atoms with van der Waals surface area (Å²) in [5.41, 5.74) is 0. The van der Waals surface area contributed by atoms with Gasteiger partial charge in [-0.2, -0.15) is 0 Å². The van der Waals surface area contributed by atoms with E-state index in [9.17, 15) is 4.79 Å². The van der Waals surface area contributed by atoms with Crippen molar-refractivity contribution in [3.8, 4) is 0 Å². The van der Waals surface area contributed by atoms with Crippen molar-refractivity contribution in [3.05, 3.63) is 18.2 Å². The molecule has 90 valence electrons. The van der Waals surface area contributed by atoms with Crippen molar-refractivity contribution in [1.29, 1.82) is 0 Å². The van der Waals surface area contributed by atoms with E-state index in [1.807, 2.05) is 31.5 Å². The number of carboxylic acid groups (broad SMARTS) is 1. The van der Waals surface area contributed by atoms with Crippen molar-refractivity contribution in [3.63, 3.8) is 0 Å². The van der Waals surface area contributed by atoms with E-state index in [4.69, 9.17) is 5.11 Å². The molecule has 1 rings (SSSR count). The fraction of sp³-hybridized carbons (Fsp3) is 0.636. The van der Waals surface area contributed by atoms with Crippen LogP contribution in [0.25, 0.3) is 0 Å². The number of hydrogen-bond donors (Lipinski definition) is 2. The molecule has 16 heavy (non-hydrogen) atoms. The van der Waals surface area contributed by atoms with Crippen LogP contribution in [-0.2, 0) is 17.8 Å². The lowest BCUT2D eigenvalue weighted by atomic mass is 10.2. The van der Waals surface area contributed by atoms with Crippen LogP contribution in [0.2, 0.25) is 0 Å². The van der Waals surface area contributed by atoms with Gasteiger partial charge >= 0.3 is 5.97 Å². The van der Waals surface area contributed by atoms with Gasteiger partial charge in [-0.25, -0.2) is 4.98 Å². The summed E-state index contributed by atoms with van der Waals surface area (Å²) < 4.78 is 1.88. The summed E-state index contributed by atoms with van der Waals surface area (Å²) in [6.07, 6.45) is 4.32. The molecule has 0 aliphatic carbocycles. The van der Waals surface area contributed by atoms with Crippen molar-refractivity contribution in [1.82, 2.24) is 14.9 Å². The number of imidazole rings is 1. The minimum Gasteiger partial charge on any atom is -0.480 e. The number of carbonyl (C=O) groups is 1. The SMILES string of the molecule is CCc1nccn1CC(NC(C)C)C(=O)O. The molecule has 0 spiro atoms. The second-order valence-electron chi connectivity index (χ2n) is 4.06. The molecule has 0 saturated heterocycles. The molecule has 0 amide bonds. The molecule has 0 bridgehead atoms. The third-order valence-electron chi connectivity index (χ3n) is 2.33. The lowest BCUT2D eigenvalue weighted by molar-refractivity contribution is -0.140. The molecule has 1 heterocycles. The minimum atomic E-state index is -0.829. The number of aromatic nitrogens is 2. The Kier molecular flexibility index (Phi) is 4.49. The van der Waals surface area contributed by atoms with Crippen LogP contribution in [0.1, 0.15) is 26.6 Å². The Hall–Kier alpha value is -1.36. The smallest absolute Gasteiger partial charge is 0.322 e. The van der Waals surface area contributed by atoms with Crippen LogP contribution in [0.4, 0.5) is 0 Å². The Labute approximate surface area is 95.5 Å². The van der Waals surface area contributed by atoms with Gasteiger partial charge in [-0.3, -0.25) is 4.79 Å². The van der Waals surface area contributed by atoms with E-state index in [1.165, 1.54) is 0 Å². The lowest BCUT2D eigenvalue weighted by Gasteiger charge is -2.18. The van der Waals surface area contributed by atoms with Gasteiger partial charge in [-0.05, 0) is 0 Å². The van der Waals surface area contributed by atoms with Crippen LogP contribution in [0, 0.1) is 0 Å². The quantitative estimate of drug-likeness (QED) is 0.754. The molecule has 1 aromatic rings. The second kappa shape index (κ2) is 5.65. The van der Waals surface area contributed by atoms with E-state index in [0.717, 1.165) is 12.2 Å². The Morgan fingerprint density at radius 1 is 1.62 bits per heavy atom. The zero-order valence-corrected chi connectivity index (χ0v) is 9.97. The molecular weight excluding hydrogens is 206 g/mol. The molecule has 0 aromatic carbocycles. The van der Waals surface area contributed by atoms with Crippen molar-refractivity contribution < 1.29 is 9.90 Å². The first-order valence-electron chi connectivity index (χ1n) is 5.53. The third kappa shape index (κ3) is 3.34. The molecule has 5 heteroatoms. The predicted octanol–water partition coefficient (Wildman–Crippen LogP) is 0.897. The van der Waals surface area contributed by atoms with Gasteiger partial charge in [0.1, 0.15) is 11.9 Å². The van der Waals surface area contributed by atoms with Crippen LogP contribution >= 0.6 is 0 Å². The van der Waals surface area contributed by atoms with Gasteiger partial charge in [0.15, 0.2) is 0 Å². The van der Waals surface area contributed by atoms with Crippen molar-refractivity contribution in [2.24, 2.45) is 0 Å². The average molecular weight is 225 g/mol. The van der Waals surface area contributed by atoms with Gasteiger partial charge < -0.3 is 15.0 Å². The molecule has 0 saturated carbocycles. The zero-order chi connectivity index (χ0) is 12.1. The number of nitrogens with zero attached hydrogens (tertiary/aromatic N) is 2. The second-order valence-corrected chi connectivity index (χ2v) is 4.06. The highest BCUT2D eigenvalue weighted by atomic mass is 16.4. The fourth-order valence-corrected chi connectivity index (χ4v) is 1.62. The molecule has 0 radical (unpaired) electrons. The molecule has 1 atom stereocenters. The Bertz CT molecular complexity index is 347. The first kappa shape index (κ1) is 12.7. The maximum atomic E-state index is 11.1. The van der Waals surface area contributed by atoms with Crippen LogP contribution in [0.15, 0.2) is 12.4 Å². The largest absolute Gasteiger partial charge is 0.480 e. The topological polar surface area (TPSA) is 67.2 Å². The minimum absolute atomic E-state index is 0.148. The Morgan fingerprint density at radius 2 is 2.31 bits per heavy atom. The Morgan fingerprint density at radius 3 is 2.81 bits per heavy atom. The molecule has 2 N–H and O–H groups in total. The normalized spacial score (nSPS) is 13.0. The van der Waals surface area contributed by atoms with E-state index < -0.39 is 12.0 Å². The molecule has 5 nitrogen and oxygen atoms in total. The van der Waals surface area contributed by atoms with Gasteiger partial charge in [-0.1, -0.05) is 20.8 Å². The molecule has 0 fully saturated rings. The van der Waals surface area contributed by atoms with Gasteiger partial charge in [0.25, 0.3) is 0 Å². The highest BCUT2D eigenvalue weighted by Crippen LogP contribution is 2.01. The van der Waals surface area contributed by atoms with E-state index in [-0.39, 0.29) is 6.04 Å². The van der Waals surface area contributed by atoms with Gasteiger partial charge in [0.2, 0.25) is 0 Å². The fourth-order valence-electron chi connectivity index (χ4n) is 1.62. The number of aliphatic carboxylic acids is 1. The van der Waals surface area contributed by atoms with Crippen molar-refractivity contribution in [2.45, 2.75) is 45.8 Å². The van der Waals surface area contributed by atoms with Crippen LogP contribution in [0.3, 0.4) is 0 Å². The highest BCUT2D eigenvalue weighted by Gasteiger charge is 2.19. The molecule has 0 aliphatic rings. The molecule has 1 unspecified atom stereocenters. The maximum Gasteiger partial charge on any atom is 0.322 e. The van der Waals surface area contributed by atoms with Crippen molar-refractivity contribution >= 4 is 5.97 Å². The van der Waals surface area contributed by atoms with Crippen molar-refractivity contribution in [2.75, 3.05) is 0 Å². The summed E-state index contributed by atoms with van der Waals surface area (Å²) in [6, 6.07) is -0.422. The molecule has 1 aromatic heterocycles. The molecular formula is C11H19N3O2. The third-order valence-corrected chi connectivity index (χ3v) is 2.33. The van der Waals surface area contributed by atoms with Crippen LogP contribution < -0.4 is 5.32 Å². The monoisotopic (exact) mass is 225 g/mol. The van der Waals surface area contributed by atoms with E-state index in [2.05, 4.69) is 10.3 Å². The molecule has 0 aliphatic heterocycles. The first-order valence-corrected chi connectivity index (χ1v) is 5.53. The summed E-state index contributed by atoms with van der Waals surface area (Å²) in [4.78, 5) is 15.2.